The third-order valence-corrected chi connectivity index (χ3v) is 1.93. The van der Waals surface area contributed by atoms with Crippen LogP contribution >= 0.6 is 0 Å². The van der Waals surface area contributed by atoms with Gasteiger partial charge in [-0.25, -0.2) is 23.5 Å². The molecule has 1 heterocycles. The highest BCUT2D eigenvalue weighted by atomic mass is 19.4. The lowest BCUT2D eigenvalue weighted by Gasteiger charge is -2.10. The molecule has 4 nitrogen and oxygen atoms in total. The van der Waals surface area contributed by atoms with E-state index in [-0.39, 0.29) is 6.61 Å². The van der Waals surface area contributed by atoms with Crippen LogP contribution in [0.1, 0.15) is 35.2 Å². The highest BCUT2D eigenvalue weighted by Gasteiger charge is 2.31. The summed E-state index contributed by atoms with van der Waals surface area (Å²) in [5, 5.41) is 0. The van der Waals surface area contributed by atoms with Crippen LogP contribution in [0.4, 0.5) is 22.0 Å². The number of halogens is 5. The highest BCUT2D eigenvalue weighted by Crippen LogP contribution is 2.24. The van der Waals surface area contributed by atoms with Crippen LogP contribution in [-0.4, -0.2) is 28.7 Å². The van der Waals surface area contributed by atoms with Crippen LogP contribution < -0.4 is 0 Å². The molecule has 0 aliphatic rings. The third kappa shape index (κ3) is 4.42. The molecular weight excluding hydrogens is 275 g/mol. The number of carbonyl (C=O) groups is 1. The second-order valence-electron chi connectivity index (χ2n) is 3.40. The van der Waals surface area contributed by atoms with Crippen molar-refractivity contribution in [1.82, 2.24) is 9.97 Å². The zero-order valence-corrected chi connectivity index (χ0v) is 9.67. The summed E-state index contributed by atoms with van der Waals surface area (Å²) in [6.07, 6.45) is -8.75. The fourth-order valence-electron chi connectivity index (χ4n) is 1.23. The van der Waals surface area contributed by atoms with Crippen LogP contribution in [0.15, 0.2) is 6.20 Å². The van der Waals surface area contributed by atoms with Gasteiger partial charge in [-0.2, -0.15) is 13.2 Å². The molecule has 0 unspecified atom stereocenters. The maximum Gasteiger partial charge on any atom is 0.396 e. The van der Waals surface area contributed by atoms with Crippen molar-refractivity contribution in [1.29, 1.82) is 0 Å². The van der Waals surface area contributed by atoms with E-state index in [2.05, 4.69) is 14.7 Å². The highest BCUT2D eigenvalue weighted by molar-refractivity contribution is 5.90. The number of carbonyl (C=O) groups excluding carboxylic acids is 1. The number of aromatic nitrogens is 2. The second kappa shape index (κ2) is 5.89. The molecule has 0 spiro atoms. The van der Waals surface area contributed by atoms with E-state index in [1.54, 1.807) is 0 Å². The third-order valence-electron chi connectivity index (χ3n) is 1.93. The molecule has 0 atom stereocenters. The standard InChI is InChI=1S/C10H9F5N2O2/c1-2-19-9(18)5-4-16-6(3-10(13,14)15)17-7(5)8(11)12/h4,8H,2-3H2,1H3. The molecule has 1 rings (SSSR count). The Balaban J connectivity index is 3.11. The molecule has 19 heavy (non-hydrogen) atoms. The predicted molar refractivity (Wildman–Crippen MR) is 52.7 cm³/mol. The summed E-state index contributed by atoms with van der Waals surface area (Å²) in [5.41, 5.74) is -1.70. The van der Waals surface area contributed by atoms with Crippen LogP contribution in [0.2, 0.25) is 0 Å². The Morgan fingerprint density at radius 1 is 1.42 bits per heavy atom. The zero-order valence-electron chi connectivity index (χ0n) is 9.67. The Kier molecular flexibility index (Phi) is 4.73. The number of rotatable bonds is 4. The van der Waals surface area contributed by atoms with Gasteiger partial charge in [-0.3, -0.25) is 0 Å². The minimum atomic E-state index is -4.62. The van der Waals surface area contributed by atoms with Gasteiger partial charge in [0, 0.05) is 6.20 Å². The largest absolute Gasteiger partial charge is 0.462 e. The molecule has 1 aromatic heterocycles. The summed E-state index contributed by atoms with van der Waals surface area (Å²) in [6.45, 7) is 1.39. The molecule has 0 bridgehead atoms. The molecule has 0 N–H and O–H groups in total. The summed E-state index contributed by atoms with van der Waals surface area (Å²) in [4.78, 5) is 17.6. The van der Waals surface area contributed by atoms with Gasteiger partial charge in [-0.05, 0) is 6.92 Å². The number of esters is 1. The lowest BCUT2D eigenvalue weighted by atomic mass is 10.2. The maximum absolute atomic E-state index is 12.7. The van der Waals surface area contributed by atoms with Crippen LogP contribution in [-0.2, 0) is 11.2 Å². The Morgan fingerprint density at radius 2 is 2.05 bits per heavy atom. The second-order valence-corrected chi connectivity index (χ2v) is 3.40. The van der Waals surface area contributed by atoms with Gasteiger partial charge < -0.3 is 4.74 Å². The quantitative estimate of drug-likeness (QED) is 0.630. The molecule has 106 valence electrons. The fraction of sp³-hybridized carbons (Fsp3) is 0.500. The van der Waals surface area contributed by atoms with Crippen molar-refractivity contribution in [3.8, 4) is 0 Å². The number of alkyl halides is 5. The molecule has 0 amide bonds. The normalized spacial score (nSPS) is 11.7. The van der Waals surface area contributed by atoms with Crippen molar-refractivity contribution in [3.05, 3.63) is 23.3 Å². The Bertz CT molecular complexity index is 462. The van der Waals surface area contributed by atoms with E-state index in [9.17, 15) is 26.7 Å². The predicted octanol–water partition coefficient (Wildman–Crippen LogP) is 2.70. The van der Waals surface area contributed by atoms with Crippen LogP contribution in [0.5, 0.6) is 0 Å². The summed E-state index contributed by atoms with van der Waals surface area (Å²) in [6, 6.07) is 0. The summed E-state index contributed by atoms with van der Waals surface area (Å²) in [7, 11) is 0. The van der Waals surface area contributed by atoms with Gasteiger partial charge >= 0.3 is 12.1 Å². The maximum atomic E-state index is 12.7. The molecular formula is C10H9F5N2O2. The lowest BCUT2D eigenvalue weighted by Crippen LogP contribution is -2.17. The zero-order chi connectivity index (χ0) is 14.6. The van der Waals surface area contributed by atoms with E-state index in [0.29, 0.717) is 6.20 Å². The van der Waals surface area contributed by atoms with E-state index >= 15 is 0 Å². The molecule has 0 saturated heterocycles. The number of nitrogens with zero attached hydrogens (tertiary/aromatic N) is 2. The molecule has 0 aliphatic heterocycles. The first-order chi connectivity index (χ1) is 8.74. The van der Waals surface area contributed by atoms with Gasteiger partial charge in [0.15, 0.2) is 0 Å². The number of hydrogen-bond donors (Lipinski definition) is 0. The topological polar surface area (TPSA) is 52.1 Å². The average Bonchev–Trinajstić information content (AvgIpc) is 2.26. The Morgan fingerprint density at radius 3 is 2.53 bits per heavy atom. The van der Waals surface area contributed by atoms with Crippen molar-refractivity contribution in [3.63, 3.8) is 0 Å². The van der Waals surface area contributed by atoms with E-state index in [1.165, 1.54) is 6.92 Å². The van der Waals surface area contributed by atoms with E-state index < -0.39 is 42.1 Å². The smallest absolute Gasteiger partial charge is 0.396 e. The molecule has 0 aliphatic carbocycles. The fourth-order valence-corrected chi connectivity index (χ4v) is 1.23. The molecule has 0 aromatic carbocycles. The van der Waals surface area contributed by atoms with E-state index in [4.69, 9.17) is 0 Å². The molecule has 1 aromatic rings. The van der Waals surface area contributed by atoms with Crippen molar-refractivity contribution < 1.29 is 31.5 Å². The SMILES string of the molecule is CCOC(=O)c1cnc(CC(F)(F)F)nc1C(F)F. The lowest BCUT2D eigenvalue weighted by molar-refractivity contribution is -0.128. The summed E-state index contributed by atoms with van der Waals surface area (Å²) >= 11 is 0. The van der Waals surface area contributed by atoms with Crippen molar-refractivity contribution >= 4 is 5.97 Å². The molecule has 0 saturated carbocycles. The Labute approximate surface area is 104 Å². The first-order valence-corrected chi connectivity index (χ1v) is 5.12. The van der Waals surface area contributed by atoms with Crippen LogP contribution in [0, 0.1) is 0 Å². The summed E-state index contributed by atoms with van der Waals surface area (Å²) < 4.78 is 66.1. The minimum absolute atomic E-state index is 0.0637. The van der Waals surface area contributed by atoms with Crippen LogP contribution in [0.25, 0.3) is 0 Å². The summed E-state index contributed by atoms with van der Waals surface area (Å²) in [5.74, 6) is -1.92. The van der Waals surface area contributed by atoms with Crippen molar-refractivity contribution in [2.75, 3.05) is 6.61 Å². The average molecular weight is 284 g/mol. The number of ether oxygens (including phenoxy) is 1. The first-order valence-electron chi connectivity index (χ1n) is 5.12. The van der Waals surface area contributed by atoms with Gasteiger partial charge in [0.2, 0.25) is 0 Å². The van der Waals surface area contributed by atoms with Crippen molar-refractivity contribution in [2.45, 2.75) is 25.9 Å². The van der Waals surface area contributed by atoms with E-state index in [0.717, 1.165) is 0 Å². The molecule has 0 fully saturated rings. The van der Waals surface area contributed by atoms with Gasteiger partial charge in [0.05, 0.1) is 6.61 Å². The van der Waals surface area contributed by atoms with Gasteiger partial charge in [0.25, 0.3) is 6.43 Å². The first kappa shape index (κ1) is 15.3. The van der Waals surface area contributed by atoms with Gasteiger partial charge in [-0.1, -0.05) is 0 Å². The van der Waals surface area contributed by atoms with Gasteiger partial charge in [0.1, 0.15) is 23.5 Å². The Hall–Kier alpha value is -1.80. The van der Waals surface area contributed by atoms with Crippen molar-refractivity contribution in [2.24, 2.45) is 0 Å². The van der Waals surface area contributed by atoms with Crippen LogP contribution in [0.3, 0.4) is 0 Å². The van der Waals surface area contributed by atoms with Gasteiger partial charge in [-0.15, -0.1) is 0 Å². The minimum Gasteiger partial charge on any atom is -0.462 e. The number of hydrogen-bond acceptors (Lipinski definition) is 4. The molecule has 9 heteroatoms. The molecule has 0 radical (unpaired) electrons. The monoisotopic (exact) mass is 284 g/mol. The van der Waals surface area contributed by atoms with E-state index in [1.807, 2.05) is 0 Å².